The molecule has 1 aromatic rings. The minimum atomic E-state index is -1.17. The lowest BCUT2D eigenvalue weighted by Crippen LogP contribution is -2.46. The number of thioether (sulfide) groups is 1. The molecular weight excluding hydrogens is 390 g/mol. The van der Waals surface area contributed by atoms with Crippen molar-refractivity contribution in [3.05, 3.63) is 40.1 Å². The Bertz CT molecular complexity index is 782. The number of rotatable bonds is 7. The number of fused-ring (bicyclic) bond motifs is 3. The Kier molecular flexibility index (Phi) is 6.34. The predicted octanol–water partition coefficient (Wildman–Crippen LogP) is 2.94. The summed E-state index contributed by atoms with van der Waals surface area (Å²) in [6.07, 6.45) is 4.40. The van der Waals surface area contributed by atoms with Crippen LogP contribution in [-0.2, 0) is 20.7 Å². The molecular formula is C19H22ClNO5S. The van der Waals surface area contributed by atoms with E-state index in [2.05, 4.69) is 0 Å². The Balaban J connectivity index is 1.98. The average Bonchev–Trinajstić information content (AvgIpc) is 2.62. The van der Waals surface area contributed by atoms with Crippen molar-refractivity contribution >= 4 is 35.1 Å². The van der Waals surface area contributed by atoms with Crippen LogP contribution >= 0.6 is 23.4 Å². The molecule has 27 heavy (non-hydrogen) atoms. The van der Waals surface area contributed by atoms with Crippen LogP contribution in [0.5, 0.6) is 5.75 Å². The lowest BCUT2D eigenvalue weighted by atomic mass is 9.83. The lowest BCUT2D eigenvalue weighted by Gasteiger charge is -2.45. The fraction of sp³-hybridized carbons (Fsp3) is 0.474. The first-order valence-corrected chi connectivity index (χ1v) is 10.4. The number of ether oxygens (including phenoxy) is 2. The second kappa shape index (κ2) is 8.54. The monoisotopic (exact) mass is 411 g/mol. The molecule has 0 aliphatic carbocycles. The number of hydrogen-bond donors (Lipinski definition) is 1. The van der Waals surface area contributed by atoms with Crippen LogP contribution in [0, 0.1) is 0 Å². The second-order valence-corrected chi connectivity index (χ2v) is 7.89. The zero-order valence-corrected chi connectivity index (χ0v) is 16.8. The van der Waals surface area contributed by atoms with Gasteiger partial charge in [0.05, 0.1) is 17.7 Å². The average molecular weight is 412 g/mol. The number of halogens is 1. The maximum Gasteiger partial charge on any atom is 0.340 e. The van der Waals surface area contributed by atoms with E-state index in [1.54, 1.807) is 18.9 Å². The van der Waals surface area contributed by atoms with Gasteiger partial charge in [-0.15, -0.1) is 0 Å². The van der Waals surface area contributed by atoms with Gasteiger partial charge < -0.3 is 19.5 Å². The lowest BCUT2D eigenvalue weighted by molar-refractivity contribution is -0.135. The third-order valence-electron chi connectivity index (χ3n) is 4.88. The van der Waals surface area contributed by atoms with E-state index >= 15 is 0 Å². The number of aliphatic carboxylic acids is 1. The van der Waals surface area contributed by atoms with Crippen LogP contribution in [0.15, 0.2) is 23.9 Å². The molecule has 1 N–H and O–H groups in total. The van der Waals surface area contributed by atoms with Crippen molar-refractivity contribution in [1.29, 1.82) is 0 Å². The highest BCUT2D eigenvalue weighted by Crippen LogP contribution is 2.43. The van der Waals surface area contributed by atoms with Crippen LogP contribution < -0.4 is 4.74 Å². The van der Waals surface area contributed by atoms with Crippen molar-refractivity contribution in [2.75, 3.05) is 32.3 Å². The van der Waals surface area contributed by atoms with Crippen molar-refractivity contribution < 1.29 is 24.2 Å². The fourth-order valence-corrected chi connectivity index (χ4v) is 4.55. The molecule has 2 aliphatic rings. The van der Waals surface area contributed by atoms with E-state index in [1.165, 1.54) is 6.20 Å². The number of Topliss-reactive ketones (excluding diaryl/α,β-unsaturated/α-hetero) is 1. The molecule has 146 valence electrons. The summed E-state index contributed by atoms with van der Waals surface area (Å²) in [5.74, 6) is -0.0911. The predicted molar refractivity (Wildman–Crippen MR) is 105 cm³/mol. The number of hydrogen-bond acceptors (Lipinski definition) is 6. The van der Waals surface area contributed by atoms with Gasteiger partial charge in [0, 0.05) is 31.5 Å². The molecule has 0 aromatic heterocycles. The Morgan fingerprint density at radius 1 is 1.37 bits per heavy atom. The number of carbonyl (C=O) groups excluding carboxylic acids is 1. The van der Waals surface area contributed by atoms with Crippen LogP contribution in [0.25, 0.3) is 0 Å². The smallest absolute Gasteiger partial charge is 0.340 e. The standard InChI is InChI=1S/C19H22ClNO5S/c1-25-3-4-26-18-6-11-5-12(10-27-2)21-9-14(19(23)24)17(22)8-16(21)13(11)7-15(18)20/h6-7,9,12,16H,3-5,8,10H2,1-2H3,(H,23,24). The normalized spacial score (nSPS) is 21.4. The summed E-state index contributed by atoms with van der Waals surface area (Å²) < 4.78 is 10.7. The van der Waals surface area contributed by atoms with Crippen LogP contribution in [0.2, 0.25) is 5.02 Å². The first-order valence-electron chi connectivity index (χ1n) is 8.65. The highest BCUT2D eigenvalue weighted by atomic mass is 35.5. The first kappa shape index (κ1) is 20.0. The molecule has 0 radical (unpaired) electrons. The topological polar surface area (TPSA) is 76.1 Å². The van der Waals surface area contributed by atoms with Crippen molar-refractivity contribution in [2.24, 2.45) is 0 Å². The van der Waals surface area contributed by atoms with E-state index < -0.39 is 5.97 Å². The molecule has 2 aliphatic heterocycles. The van der Waals surface area contributed by atoms with Gasteiger partial charge in [-0.05, 0) is 35.9 Å². The number of methoxy groups -OCH3 is 1. The number of carboxylic acids is 1. The van der Waals surface area contributed by atoms with Crippen molar-refractivity contribution in [1.82, 2.24) is 4.90 Å². The maximum atomic E-state index is 12.3. The van der Waals surface area contributed by atoms with Crippen molar-refractivity contribution in [3.8, 4) is 5.75 Å². The molecule has 0 bridgehead atoms. The van der Waals surface area contributed by atoms with Gasteiger partial charge >= 0.3 is 5.97 Å². The third-order valence-corrected chi connectivity index (χ3v) is 5.90. The summed E-state index contributed by atoms with van der Waals surface area (Å²) in [4.78, 5) is 25.8. The van der Waals surface area contributed by atoms with Crippen molar-refractivity contribution in [3.63, 3.8) is 0 Å². The van der Waals surface area contributed by atoms with Gasteiger partial charge in [-0.2, -0.15) is 11.8 Å². The molecule has 1 aromatic carbocycles. The van der Waals surface area contributed by atoms with Gasteiger partial charge in [0.1, 0.15) is 17.9 Å². The molecule has 0 saturated heterocycles. The Labute approximate surface area is 167 Å². The van der Waals surface area contributed by atoms with Crippen molar-refractivity contribution in [2.45, 2.75) is 24.9 Å². The SMILES string of the molecule is COCCOc1cc2c(cc1Cl)C1CC(=O)C(C(=O)O)=CN1C(CSC)C2. The summed E-state index contributed by atoms with van der Waals surface area (Å²) >= 11 is 8.10. The zero-order valence-electron chi connectivity index (χ0n) is 15.2. The van der Waals surface area contributed by atoms with Gasteiger partial charge in [-0.3, -0.25) is 4.79 Å². The molecule has 2 atom stereocenters. The molecule has 2 unspecified atom stereocenters. The minimum Gasteiger partial charge on any atom is -0.490 e. The second-order valence-electron chi connectivity index (χ2n) is 6.57. The number of nitrogens with zero attached hydrogens (tertiary/aromatic N) is 1. The fourth-order valence-electron chi connectivity index (χ4n) is 3.65. The van der Waals surface area contributed by atoms with Gasteiger partial charge in [0.25, 0.3) is 0 Å². The van der Waals surface area contributed by atoms with Crippen LogP contribution in [0.4, 0.5) is 0 Å². The molecule has 0 saturated carbocycles. The third kappa shape index (κ3) is 4.10. The van der Waals surface area contributed by atoms with Gasteiger partial charge in [0.15, 0.2) is 5.78 Å². The number of carbonyl (C=O) groups is 2. The molecule has 0 fully saturated rings. The molecule has 6 nitrogen and oxygen atoms in total. The van der Waals surface area contributed by atoms with Gasteiger partial charge in [0.2, 0.25) is 0 Å². The molecule has 0 amide bonds. The van der Waals surface area contributed by atoms with Gasteiger partial charge in [-0.1, -0.05) is 11.6 Å². The van der Waals surface area contributed by atoms with Crippen LogP contribution in [-0.4, -0.2) is 60.1 Å². The molecule has 8 heteroatoms. The number of carboxylic acid groups (broad SMARTS) is 1. The quantitative estimate of drug-likeness (QED) is 0.546. The van der Waals surface area contributed by atoms with E-state index in [0.717, 1.165) is 23.3 Å². The summed E-state index contributed by atoms with van der Waals surface area (Å²) in [5, 5.41) is 9.80. The Hall–Kier alpha value is -1.70. The van der Waals surface area contributed by atoms with Gasteiger partial charge in [-0.25, -0.2) is 4.79 Å². The summed E-state index contributed by atoms with van der Waals surface area (Å²) in [6, 6.07) is 3.69. The van der Waals surface area contributed by atoms with E-state index in [0.29, 0.717) is 24.0 Å². The maximum absolute atomic E-state index is 12.3. The van der Waals surface area contributed by atoms with E-state index in [-0.39, 0.29) is 29.9 Å². The summed E-state index contributed by atoms with van der Waals surface area (Å²) in [6.45, 7) is 0.873. The summed E-state index contributed by atoms with van der Waals surface area (Å²) in [7, 11) is 1.61. The zero-order chi connectivity index (χ0) is 19.6. The minimum absolute atomic E-state index is 0.105. The largest absolute Gasteiger partial charge is 0.490 e. The highest BCUT2D eigenvalue weighted by molar-refractivity contribution is 7.98. The van der Waals surface area contributed by atoms with Crippen LogP contribution in [0.3, 0.4) is 0 Å². The Morgan fingerprint density at radius 3 is 2.81 bits per heavy atom. The summed E-state index contributed by atoms with van der Waals surface area (Å²) in [5.41, 5.74) is 1.91. The number of benzene rings is 1. The first-order chi connectivity index (χ1) is 13.0. The molecule has 2 heterocycles. The van der Waals surface area contributed by atoms with E-state index in [4.69, 9.17) is 21.1 Å². The molecule has 0 spiro atoms. The number of ketones is 1. The molecule has 3 rings (SSSR count). The van der Waals surface area contributed by atoms with E-state index in [9.17, 15) is 14.7 Å². The highest BCUT2D eigenvalue weighted by Gasteiger charge is 2.39. The van der Waals surface area contributed by atoms with Crippen LogP contribution in [0.1, 0.15) is 23.6 Å². The van der Waals surface area contributed by atoms with E-state index in [1.807, 2.05) is 23.3 Å². The Morgan fingerprint density at radius 2 is 2.15 bits per heavy atom.